The highest BCUT2D eigenvalue weighted by molar-refractivity contribution is 5.33. The number of halogens is 3. The van der Waals surface area contributed by atoms with E-state index in [-0.39, 0.29) is 18.8 Å². The molecule has 0 fully saturated rings. The molecule has 0 unspecified atom stereocenters. The first-order valence-corrected chi connectivity index (χ1v) is 5.31. The second kappa shape index (κ2) is 5.65. The van der Waals surface area contributed by atoms with Gasteiger partial charge in [-0.3, -0.25) is 0 Å². The summed E-state index contributed by atoms with van der Waals surface area (Å²) in [5.74, 6) is 0.199. The number of H-pyrrole nitrogens is 1. The number of benzene rings is 1. The van der Waals surface area contributed by atoms with Crippen molar-refractivity contribution in [2.75, 3.05) is 0 Å². The zero-order valence-electron chi connectivity index (χ0n) is 9.61. The lowest BCUT2D eigenvalue weighted by Crippen LogP contribution is -2.20. The number of nitrogens with zero attached hydrogens (tertiary/aromatic N) is 3. The number of nitrogens with one attached hydrogen (secondary N) is 2. The maximum absolute atomic E-state index is 12.2. The molecular formula is C10H10F3N5O. The van der Waals surface area contributed by atoms with Crippen molar-refractivity contribution in [3.05, 3.63) is 35.7 Å². The van der Waals surface area contributed by atoms with Gasteiger partial charge in [0.15, 0.2) is 5.82 Å². The SMILES string of the molecule is FC(F)(F)Oc1ccccc1CNCc1nn[nH]n1. The molecule has 0 aliphatic carbocycles. The molecule has 2 rings (SSSR count). The van der Waals surface area contributed by atoms with Crippen molar-refractivity contribution in [2.45, 2.75) is 19.5 Å². The molecule has 2 N–H and O–H groups in total. The standard InChI is InChI=1S/C10H10F3N5O/c11-10(12,13)19-8-4-2-1-3-7(8)5-14-6-9-15-17-18-16-9/h1-4,14H,5-6H2,(H,15,16,17,18). The monoisotopic (exact) mass is 273 g/mol. The number of aromatic amines is 1. The average Bonchev–Trinajstić information content (AvgIpc) is 2.82. The third kappa shape index (κ3) is 4.21. The topological polar surface area (TPSA) is 75.7 Å². The fourth-order valence-corrected chi connectivity index (χ4v) is 1.44. The quantitative estimate of drug-likeness (QED) is 0.861. The van der Waals surface area contributed by atoms with Gasteiger partial charge in [-0.05, 0) is 6.07 Å². The summed E-state index contributed by atoms with van der Waals surface area (Å²) < 4.78 is 40.5. The van der Waals surface area contributed by atoms with Gasteiger partial charge in [0.1, 0.15) is 5.75 Å². The van der Waals surface area contributed by atoms with Crippen LogP contribution in [0.5, 0.6) is 5.75 Å². The van der Waals surface area contributed by atoms with Gasteiger partial charge >= 0.3 is 6.36 Å². The summed E-state index contributed by atoms with van der Waals surface area (Å²) in [4.78, 5) is 0. The Bertz CT molecular complexity index is 514. The van der Waals surface area contributed by atoms with Crippen LogP contribution >= 0.6 is 0 Å². The molecule has 1 aromatic carbocycles. The molecule has 0 amide bonds. The van der Waals surface area contributed by atoms with E-state index in [0.717, 1.165) is 0 Å². The van der Waals surface area contributed by atoms with Gasteiger partial charge in [-0.25, -0.2) is 0 Å². The molecule has 0 aliphatic heterocycles. The summed E-state index contributed by atoms with van der Waals surface area (Å²) in [6.07, 6.45) is -4.70. The van der Waals surface area contributed by atoms with Gasteiger partial charge in [-0.2, -0.15) is 5.21 Å². The predicted molar refractivity (Wildman–Crippen MR) is 57.8 cm³/mol. The van der Waals surface area contributed by atoms with E-state index in [1.165, 1.54) is 12.1 Å². The van der Waals surface area contributed by atoms with Crippen LogP contribution in [0.1, 0.15) is 11.4 Å². The van der Waals surface area contributed by atoms with E-state index in [1.807, 2.05) is 0 Å². The molecule has 9 heteroatoms. The molecule has 0 bridgehead atoms. The third-order valence-corrected chi connectivity index (χ3v) is 2.19. The number of aromatic nitrogens is 4. The van der Waals surface area contributed by atoms with Crippen molar-refractivity contribution in [1.82, 2.24) is 25.9 Å². The third-order valence-electron chi connectivity index (χ3n) is 2.19. The maximum Gasteiger partial charge on any atom is 0.573 e. The number of para-hydroxylation sites is 1. The summed E-state index contributed by atoms with van der Waals surface area (Å²) in [7, 11) is 0. The Morgan fingerprint density at radius 2 is 2.00 bits per heavy atom. The van der Waals surface area contributed by atoms with Gasteiger partial charge in [0.25, 0.3) is 0 Å². The molecule has 102 valence electrons. The Morgan fingerprint density at radius 1 is 1.21 bits per heavy atom. The van der Waals surface area contributed by atoms with Crippen molar-refractivity contribution >= 4 is 0 Å². The Balaban J connectivity index is 1.96. The number of alkyl halides is 3. The summed E-state index contributed by atoms with van der Waals surface area (Å²) >= 11 is 0. The normalized spacial score (nSPS) is 11.5. The second-order valence-corrected chi connectivity index (χ2v) is 3.59. The largest absolute Gasteiger partial charge is 0.573 e. The molecule has 0 spiro atoms. The average molecular weight is 273 g/mol. The second-order valence-electron chi connectivity index (χ2n) is 3.59. The maximum atomic E-state index is 12.2. The number of hydrogen-bond donors (Lipinski definition) is 2. The van der Waals surface area contributed by atoms with Crippen LogP contribution < -0.4 is 10.1 Å². The summed E-state index contributed by atoms with van der Waals surface area (Å²) in [6, 6.07) is 5.92. The van der Waals surface area contributed by atoms with Gasteiger partial charge in [-0.1, -0.05) is 23.4 Å². The van der Waals surface area contributed by atoms with Gasteiger partial charge in [-0.15, -0.1) is 23.4 Å². The van der Waals surface area contributed by atoms with E-state index < -0.39 is 6.36 Å². The summed E-state index contributed by atoms with van der Waals surface area (Å²) in [5, 5.41) is 16.0. The van der Waals surface area contributed by atoms with Gasteiger partial charge in [0.05, 0.1) is 6.54 Å². The Kier molecular flexibility index (Phi) is 3.95. The van der Waals surface area contributed by atoms with Crippen LogP contribution in [-0.4, -0.2) is 27.0 Å². The number of rotatable bonds is 5. The molecule has 0 atom stereocenters. The smallest absolute Gasteiger partial charge is 0.405 e. The van der Waals surface area contributed by atoms with Crippen molar-refractivity contribution in [1.29, 1.82) is 0 Å². The van der Waals surface area contributed by atoms with Gasteiger partial charge in [0, 0.05) is 12.1 Å². The summed E-state index contributed by atoms with van der Waals surface area (Å²) in [5.41, 5.74) is 0.392. The minimum atomic E-state index is -4.70. The Morgan fingerprint density at radius 3 is 2.68 bits per heavy atom. The Hall–Kier alpha value is -2.16. The highest BCUT2D eigenvalue weighted by atomic mass is 19.4. The molecular weight excluding hydrogens is 263 g/mol. The zero-order valence-corrected chi connectivity index (χ0v) is 9.61. The first-order valence-electron chi connectivity index (χ1n) is 5.31. The van der Waals surface area contributed by atoms with E-state index in [4.69, 9.17) is 0 Å². The highest BCUT2D eigenvalue weighted by Gasteiger charge is 2.31. The van der Waals surface area contributed by atoms with E-state index in [1.54, 1.807) is 12.1 Å². The predicted octanol–water partition coefficient (Wildman–Crippen LogP) is 1.39. The minimum Gasteiger partial charge on any atom is -0.405 e. The molecule has 0 radical (unpaired) electrons. The number of ether oxygens (including phenoxy) is 1. The molecule has 0 saturated heterocycles. The van der Waals surface area contributed by atoms with Crippen molar-refractivity contribution in [3.8, 4) is 5.75 Å². The van der Waals surface area contributed by atoms with Crippen molar-refractivity contribution in [3.63, 3.8) is 0 Å². The van der Waals surface area contributed by atoms with Crippen molar-refractivity contribution < 1.29 is 17.9 Å². The Labute approximate surface area is 106 Å². The van der Waals surface area contributed by atoms with Crippen LogP contribution in [0.4, 0.5) is 13.2 Å². The van der Waals surface area contributed by atoms with E-state index in [9.17, 15) is 13.2 Å². The van der Waals surface area contributed by atoms with Crippen LogP contribution in [0.15, 0.2) is 24.3 Å². The molecule has 2 aromatic rings. The lowest BCUT2D eigenvalue weighted by Gasteiger charge is -2.13. The van der Waals surface area contributed by atoms with Crippen LogP contribution in [0.25, 0.3) is 0 Å². The van der Waals surface area contributed by atoms with E-state index in [2.05, 4.69) is 30.7 Å². The van der Waals surface area contributed by atoms with Crippen LogP contribution in [-0.2, 0) is 13.1 Å². The number of tetrazole rings is 1. The molecule has 19 heavy (non-hydrogen) atoms. The number of hydrogen-bond acceptors (Lipinski definition) is 5. The molecule has 6 nitrogen and oxygen atoms in total. The zero-order chi connectivity index (χ0) is 13.7. The molecule has 1 heterocycles. The van der Waals surface area contributed by atoms with E-state index >= 15 is 0 Å². The fraction of sp³-hybridized carbons (Fsp3) is 0.300. The van der Waals surface area contributed by atoms with Gasteiger partial charge in [0.2, 0.25) is 0 Å². The van der Waals surface area contributed by atoms with E-state index in [0.29, 0.717) is 11.4 Å². The van der Waals surface area contributed by atoms with Gasteiger partial charge < -0.3 is 10.1 Å². The van der Waals surface area contributed by atoms with Crippen LogP contribution in [0.3, 0.4) is 0 Å². The van der Waals surface area contributed by atoms with Crippen molar-refractivity contribution in [2.24, 2.45) is 0 Å². The molecule has 0 saturated carbocycles. The minimum absolute atomic E-state index is 0.195. The lowest BCUT2D eigenvalue weighted by molar-refractivity contribution is -0.274. The fourth-order valence-electron chi connectivity index (χ4n) is 1.44. The van der Waals surface area contributed by atoms with Crippen LogP contribution in [0, 0.1) is 0 Å². The first-order chi connectivity index (χ1) is 9.04. The highest BCUT2D eigenvalue weighted by Crippen LogP contribution is 2.25. The summed E-state index contributed by atoms with van der Waals surface area (Å²) in [6.45, 7) is 0.484. The van der Waals surface area contributed by atoms with Crippen LogP contribution in [0.2, 0.25) is 0 Å². The molecule has 0 aliphatic rings. The first kappa shape index (κ1) is 13.3. The molecule has 1 aromatic heterocycles. The lowest BCUT2D eigenvalue weighted by atomic mass is 10.2.